The third kappa shape index (κ3) is 4.58. The Kier molecular flexibility index (Phi) is 8.02. The Labute approximate surface area is 228 Å². The number of aryl methyl sites for hydroxylation is 4. The second kappa shape index (κ2) is 10.3. The van der Waals surface area contributed by atoms with Crippen LogP contribution in [0.4, 0.5) is 11.4 Å². The summed E-state index contributed by atoms with van der Waals surface area (Å²) in [5.41, 5.74) is 10.7. The molecule has 0 fully saturated rings. The average Bonchev–Trinajstić information content (AvgIpc) is 3.02. The summed E-state index contributed by atoms with van der Waals surface area (Å²) in [4.78, 5) is 10.5. The zero-order valence-electron chi connectivity index (χ0n) is 19.7. The molecule has 0 radical (unpaired) electrons. The first-order chi connectivity index (χ1) is 15.3. The van der Waals surface area contributed by atoms with Crippen LogP contribution in [0.5, 0.6) is 0 Å². The number of halogens is 2. The second-order valence-electron chi connectivity index (χ2n) is 8.41. The summed E-state index contributed by atoms with van der Waals surface area (Å²) in [6.45, 7) is 8.44. The molecule has 34 heavy (non-hydrogen) atoms. The first-order valence-corrected chi connectivity index (χ1v) is 12.2. The summed E-state index contributed by atoms with van der Waals surface area (Å²) in [7, 11) is 0. The van der Waals surface area contributed by atoms with Crippen LogP contribution in [-0.4, -0.2) is 11.4 Å². The predicted octanol–water partition coefficient (Wildman–Crippen LogP) is 9.30. The molecule has 4 aromatic carbocycles. The van der Waals surface area contributed by atoms with Crippen LogP contribution in [0.1, 0.15) is 33.4 Å². The van der Waals surface area contributed by atoms with E-state index < -0.39 is 0 Å². The Morgan fingerprint density at radius 3 is 1.29 bits per heavy atom. The number of hydrogen-bond acceptors (Lipinski definition) is 2. The summed E-state index contributed by atoms with van der Waals surface area (Å²) >= 11 is 7.22. The Morgan fingerprint density at radius 1 is 0.588 bits per heavy atom. The third-order valence-electron chi connectivity index (χ3n) is 6.00. The molecule has 2 nitrogen and oxygen atoms in total. The summed E-state index contributed by atoms with van der Waals surface area (Å²) in [5.74, 6) is 0. The SMILES string of the molecule is Cc1cc(Br)cc(C)c1N=C1C(=Nc2c(C)cc(Br)cc2C)c2cccc3cccc1c23.[CH3-].[Ni]. The van der Waals surface area contributed by atoms with Gasteiger partial charge in [-0.05, 0) is 79.6 Å². The van der Waals surface area contributed by atoms with Crippen LogP contribution in [0.2, 0.25) is 0 Å². The maximum absolute atomic E-state index is 5.25. The Morgan fingerprint density at radius 2 is 0.941 bits per heavy atom. The zero-order chi connectivity index (χ0) is 22.6. The molecule has 0 heterocycles. The van der Waals surface area contributed by atoms with Crippen LogP contribution < -0.4 is 0 Å². The maximum Gasteiger partial charge on any atom is 0.0979 e. The molecule has 0 saturated carbocycles. The molecule has 0 aliphatic heterocycles. The summed E-state index contributed by atoms with van der Waals surface area (Å²) in [6, 6.07) is 21.3. The van der Waals surface area contributed by atoms with Gasteiger partial charge in [-0.2, -0.15) is 0 Å². The minimum absolute atomic E-state index is 0. The van der Waals surface area contributed by atoms with Crippen molar-refractivity contribution in [3.63, 3.8) is 0 Å². The van der Waals surface area contributed by atoms with Crippen molar-refractivity contribution < 1.29 is 16.5 Å². The molecule has 0 bridgehead atoms. The number of aliphatic imine (C=N–C) groups is 2. The van der Waals surface area contributed by atoms with Crippen molar-refractivity contribution in [2.24, 2.45) is 9.98 Å². The molecule has 176 valence electrons. The maximum atomic E-state index is 5.25. The van der Waals surface area contributed by atoms with Crippen LogP contribution >= 0.6 is 31.9 Å². The van der Waals surface area contributed by atoms with E-state index in [1.165, 1.54) is 10.8 Å². The molecule has 0 aromatic heterocycles. The van der Waals surface area contributed by atoms with Crippen LogP contribution in [-0.2, 0) is 16.5 Å². The molecule has 0 spiro atoms. The van der Waals surface area contributed by atoms with Gasteiger partial charge in [0, 0.05) is 41.9 Å². The van der Waals surface area contributed by atoms with Crippen molar-refractivity contribution in [3.05, 3.63) is 110 Å². The van der Waals surface area contributed by atoms with E-state index in [-0.39, 0.29) is 23.9 Å². The van der Waals surface area contributed by atoms with Crippen molar-refractivity contribution in [1.82, 2.24) is 0 Å². The summed E-state index contributed by atoms with van der Waals surface area (Å²) < 4.78 is 2.14. The zero-order valence-corrected chi connectivity index (χ0v) is 23.9. The molecule has 1 aliphatic rings. The van der Waals surface area contributed by atoms with E-state index in [1.807, 2.05) is 0 Å². The molecule has 0 saturated heterocycles. The molecule has 4 aromatic rings. The molecule has 0 N–H and O–H groups in total. The second-order valence-corrected chi connectivity index (χ2v) is 10.2. The van der Waals surface area contributed by atoms with Crippen LogP contribution in [0.3, 0.4) is 0 Å². The van der Waals surface area contributed by atoms with Gasteiger partial charge in [-0.25, -0.2) is 9.98 Å². The van der Waals surface area contributed by atoms with Crippen molar-refractivity contribution in [2.45, 2.75) is 27.7 Å². The minimum atomic E-state index is 0. The first kappa shape index (κ1) is 26.5. The summed E-state index contributed by atoms with van der Waals surface area (Å²) in [5, 5.41) is 2.44. The van der Waals surface area contributed by atoms with Gasteiger partial charge in [-0.3, -0.25) is 0 Å². The predicted molar refractivity (Wildman–Crippen MR) is 150 cm³/mol. The fraction of sp³-hybridized carbons (Fsp3) is 0.138. The van der Waals surface area contributed by atoms with Gasteiger partial charge in [-0.15, -0.1) is 0 Å². The number of nitrogens with zero attached hydrogens (tertiary/aromatic N) is 2. The van der Waals surface area contributed by atoms with Crippen molar-refractivity contribution in [2.75, 3.05) is 0 Å². The molecule has 0 unspecified atom stereocenters. The van der Waals surface area contributed by atoms with Gasteiger partial charge in [0.2, 0.25) is 0 Å². The van der Waals surface area contributed by atoms with E-state index in [0.29, 0.717) is 0 Å². The smallest absolute Gasteiger partial charge is 0.0979 e. The monoisotopic (exact) mass is 617 g/mol. The topological polar surface area (TPSA) is 24.7 Å². The van der Waals surface area contributed by atoms with E-state index >= 15 is 0 Å². The Balaban J connectivity index is 0.00000162. The van der Waals surface area contributed by atoms with Crippen LogP contribution in [0.25, 0.3) is 10.8 Å². The van der Waals surface area contributed by atoms with Gasteiger partial charge in [0.25, 0.3) is 0 Å². The molecule has 0 atom stereocenters. The van der Waals surface area contributed by atoms with E-state index in [1.54, 1.807) is 0 Å². The van der Waals surface area contributed by atoms with Gasteiger partial charge >= 0.3 is 0 Å². The minimum Gasteiger partial charge on any atom is -0.358 e. The molecule has 5 rings (SSSR count). The average molecular weight is 620 g/mol. The largest absolute Gasteiger partial charge is 0.358 e. The molecule has 0 amide bonds. The van der Waals surface area contributed by atoms with Gasteiger partial charge < -0.3 is 7.43 Å². The van der Waals surface area contributed by atoms with Gasteiger partial charge in [-0.1, -0.05) is 68.3 Å². The standard InChI is InChI=1S/C28H22Br2N2.CH3.Ni/c1-15-11-20(29)12-16(2)25(15)31-27-22-9-5-7-19-8-6-10-23(24(19)22)28(27)32-26-17(3)13-21(30)14-18(26)4;;/h5-14H,1-4H3;1H3;/q;-1;. The van der Waals surface area contributed by atoms with Gasteiger partial charge in [0.15, 0.2) is 0 Å². The van der Waals surface area contributed by atoms with Gasteiger partial charge in [0.05, 0.1) is 22.8 Å². The Hall–Kier alpha value is -2.07. The van der Waals surface area contributed by atoms with Crippen molar-refractivity contribution in [3.8, 4) is 0 Å². The van der Waals surface area contributed by atoms with Crippen LogP contribution in [0, 0.1) is 35.1 Å². The van der Waals surface area contributed by atoms with E-state index in [2.05, 4.69) is 120 Å². The van der Waals surface area contributed by atoms with Crippen molar-refractivity contribution >= 4 is 65.4 Å². The number of benzene rings is 4. The first-order valence-electron chi connectivity index (χ1n) is 10.6. The quantitative estimate of drug-likeness (QED) is 0.158. The third-order valence-corrected chi connectivity index (χ3v) is 6.91. The fourth-order valence-corrected chi connectivity index (χ4v) is 5.97. The van der Waals surface area contributed by atoms with Crippen LogP contribution in [0.15, 0.2) is 79.6 Å². The van der Waals surface area contributed by atoms with Crippen molar-refractivity contribution in [1.29, 1.82) is 0 Å². The Bertz CT molecular complexity index is 1330. The number of hydrogen-bond donors (Lipinski definition) is 0. The summed E-state index contributed by atoms with van der Waals surface area (Å²) in [6.07, 6.45) is 0. The van der Waals surface area contributed by atoms with Gasteiger partial charge in [0.1, 0.15) is 0 Å². The number of rotatable bonds is 2. The molecule has 1 aliphatic carbocycles. The van der Waals surface area contributed by atoms with E-state index in [9.17, 15) is 0 Å². The normalized spacial score (nSPS) is 14.4. The fourth-order valence-electron chi connectivity index (χ4n) is 4.60. The van der Waals surface area contributed by atoms with E-state index in [4.69, 9.17) is 9.98 Å². The molecular weight excluding hydrogens is 595 g/mol. The molecule has 5 heteroatoms. The molecular formula is C29H25Br2N2Ni-. The van der Waals surface area contributed by atoms with E-state index in [0.717, 1.165) is 65.1 Å².